The van der Waals surface area contributed by atoms with Gasteiger partial charge in [-0.3, -0.25) is 9.48 Å². The molecule has 0 aliphatic carbocycles. The predicted octanol–water partition coefficient (Wildman–Crippen LogP) is 2.07. The van der Waals surface area contributed by atoms with E-state index in [0.717, 1.165) is 0 Å². The van der Waals surface area contributed by atoms with E-state index in [2.05, 4.69) is 21.0 Å². The molecule has 1 heterocycles. The SMILES string of the molecule is CNC(=O)C(NC(=O)Nc1cnn(C(C)C)c1)c1ccccc1. The number of urea groups is 1. The van der Waals surface area contributed by atoms with Crippen molar-refractivity contribution in [1.29, 1.82) is 0 Å². The van der Waals surface area contributed by atoms with Crippen LogP contribution in [-0.2, 0) is 4.79 Å². The van der Waals surface area contributed by atoms with Crippen LogP contribution in [0.15, 0.2) is 42.7 Å². The first-order chi connectivity index (χ1) is 11.0. The first-order valence-electron chi connectivity index (χ1n) is 7.39. The maximum Gasteiger partial charge on any atom is 0.320 e. The summed E-state index contributed by atoms with van der Waals surface area (Å²) in [6, 6.07) is 8.04. The van der Waals surface area contributed by atoms with E-state index in [-0.39, 0.29) is 11.9 Å². The van der Waals surface area contributed by atoms with Crippen molar-refractivity contribution in [2.45, 2.75) is 25.9 Å². The van der Waals surface area contributed by atoms with E-state index >= 15 is 0 Å². The van der Waals surface area contributed by atoms with Crippen LogP contribution in [0.1, 0.15) is 31.5 Å². The summed E-state index contributed by atoms with van der Waals surface area (Å²) < 4.78 is 1.74. The van der Waals surface area contributed by atoms with Gasteiger partial charge in [0.15, 0.2) is 0 Å². The molecule has 0 saturated heterocycles. The molecule has 3 amide bonds. The van der Waals surface area contributed by atoms with Crippen LogP contribution in [0.2, 0.25) is 0 Å². The molecular weight excluding hydrogens is 294 g/mol. The monoisotopic (exact) mass is 315 g/mol. The van der Waals surface area contributed by atoms with Gasteiger partial charge in [0.25, 0.3) is 0 Å². The molecule has 0 aliphatic heterocycles. The normalized spacial score (nSPS) is 11.8. The Kier molecular flexibility index (Phi) is 5.35. The molecule has 0 aliphatic rings. The molecule has 1 atom stereocenters. The maximum absolute atomic E-state index is 12.2. The van der Waals surface area contributed by atoms with E-state index in [9.17, 15) is 9.59 Å². The second-order valence-electron chi connectivity index (χ2n) is 5.36. The molecule has 7 nitrogen and oxygen atoms in total. The molecule has 1 aromatic heterocycles. The van der Waals surface area contributed by atoms with Crippen LogP contribution in [-0.4, -0.2) is 28.8 Å². The number of amides is 3. The number of aromatic nitrogens is 2. The smallest absolute Gasteiger partial charge is 0.320 e. The van der Waals surface area contributed by atoms with Crippen molar-refractivity contribution in [2.24, 2.45) is 0 Å². The van der Waals surface area contributed by atoms with Gasteiger partial charge in [-0.25, -0.2) is 4.79 Å². The van der Waals surface area contributed by atoms with Crippen molar-refractivity contribution in [3.8, 4) is 0 Å². The molecule has 2 rings (SSSR count). The fraction of sp³-hybridized carbons (Fsp3) is 0.312. The van der Waals surface area contributed by atoms with Crippen molar-refractivity contribution < 1.29 is 9.59 Å². The van der Waals surface area contributed by atoms with Gasteiger partial charge in [-0.2, -0.15) is 5.10 Å². The summed E-state index contributed by atoms with van der Waals surface area (Å²) in [5.41, 5.74) is 1.28. The number of hydrogen-bond acceptors (Lipinski definition) is 3. The zero-order valence-corrected chi connectivity index (χ0v) is 13.4. The molecule has 2 aromatic rings. The molecule has 7 heteroatoms. The molecular formula is C16H21N5O2. The molecule has 3 N–H and O–H groups in total. The number of likely N-dealkylation sites (N-methyl/N-ethyl adjacent to an activating group) is 1. The molecule has 1 unspecified atom stereocenters. The highest BCUT2D eigenvalue weighted by atomic mass is 16.2. The molecule has 0 bridgehead atoms. The van der Waals surface area contributed by atoms with Gasteiger partial charge < -0.3 is 16.0 Å². The minimum atomic E-state index is -0.763. The first kappa shape index (κ1) is 16.5. The lowest BCUT2D eigenvalue weighted by Gasteiger charge is -2.17. The van der Waals surface area contributed by atoms with Gasteiger partial charge in [0, 0.05) is 19.3 Å². The number of carbonyl (C=O) groups excluding carboxylic acids is 2. The number of benzene rings is 1. The summed E-state index contributed by atoms with van der Waals surface area (Å²) in [6.07, 6.45) is 3.30. The van der Waals surface area contributed by atoms with Crippen molar-refractivity contribution >= 4 is 17.6 Å². The summed E-state index contributed by atoms with van der Waals surface area (Å²) >= 11 is 0. The van der Waals surface area contributed by atoms with E-state index in [1.54, 1.807) is 29.2 Å². The van der Waals surface area contributed by atoms with E-state index in [1.165, 1.54) is 7.05 Å². The third-order valence-corrected chi connectivity index (χ3v) is 3.31. The van der Waals surface area contributed by atoms with E-state index < -0.39 is 12.1 Å². The van der Waals surface area contributed by atoms with Crippen molar-refractivity contribution in [3.05, 3.63) is 48.3 Å². The maximum atomic E-state index is 12.2. The lowest BCUT2D eigenvalue weighted by atomic mass is 10.1. The van der Waals surface area contributed by atoms with Crippen molar-refractivity contribution in [3.63, 3.8) is 0 Å². The topological polar surface area (TPSA) is 88.1 Å². The summed E-state index contributed by atoms with van der Waals surface area (Å²) in [7, 11) is 1.53. The van der Waals surface area contributed by atoms with Crippen LogP contribution in [0.4, 0.5) is 10.5 Å². The largest absolute Gasteiger partial charge is 0.357 e. The fourth-order valence-corrected chi connectivity index (χ4v) is 2.07. The number of carbonyl (C=O) groups is 2. The first-order valence-corrected chi connectivity index (χ1v) is 7.39. The number of nitrogens with zero attached hydrogens (tertiary/aromatic N) is 2. The van der Waals surface area contributed by atoms with Crippen LogP contribution in [0.5, 0.6) is 0 Å². The molecule has 0 fully saturated rings. The van der Waals surface area contributed by atoms with Gasteiger partial charge in [-0.15, -0.1) is 0 Å². The molecule has 23 heavy (non-hydrogen) atoms. The average Bonchev–Trinajstić information content (AvgIpc) is 3.01. The Bertz CT molecular complexity index is 666. The molecule has 0 spiro atoms. The van der Waals surface area contributed by atoms with Crippen LogP contribution in [0, 0.1) is 0 Å². The minimum absolute atomic E-state index is 0.205. The third-order valence-electron chi connectivity index (χ3n) is 3.31. The minimum Gasteiger partial charge on any atom is -0.357 e. The molecule has 122 valence electrons. The highest BCUT2D eigenvalue weighted by Crippen LogP contribution is 2.14. The van der Waals surface area contributed by atoms with Crippen LogP contribution in [0.3, 0.4) is 0 Å². The number of nitrogens with one attached hydrogen (secondary N) is 3. The van der Waals surface area contributed by atoms with Crippen LogP contribution < -0.4 is 16.0 Å². The lowest BCUT2D eigenvalue weighted by molar-refractivity contribution is -0.122. The molecule has 0 radical (unpaired) electrons. The Morgan fingerprint density at radius 1 is 1.17 bits per heavy atom. The Balaban J connectivity index is 2.07. The lowest BCUT2D eigenvalue weighted by Crippen LogP contribution is -2.40. The van der Waals surface area contributed by atoms with E-state index in [4.69, 9.17) is 0 Å². The quantitative estimate of drug-likeness (QED) is 0.789. The van der Waals surface area contributed by atoms with Crippen molar-refractivity contribution in [2.75, 3.05) is 12.4 Å². The zero-order valence-electron chi connectivity index (χ0n) is 13.4. The van der Waals surface area contributed by atoms with Gasteiger partial charge in [0.1, 0.15) is 6.04 Å². The Morgan fingerprint density at radius 3 is 2.43 bits per heavy atom. The van der Waals surface area contributed by atoms with Crippen LogP contribution >= 0.6 is 0 Å². The van der Waals surface area contributed by atoms with Crippen LogP contribution in [0.25, 0.3) is 0 Å². The summed E-state index contributed by atoms with van der Waals surface area (Å²) in [5, 5.41) is 12.1. The van der Waals surface area contributed by atoms with Crippen molar-refractivity contribution in [1.82, 2.24) is 20.4 Å². The number of hydrogen-bond donors (Lipinski definition) is 3. The Labute approximate surface area is 135 Å². The van der Waals surface area contributed by atoms with Gasteiger partial charge in [0.2, 0.25) is 5.91 Å². The number of anilines is 1. The van der Waals surface area contributed by atoms with Gasteiger partial charge in [-0.05, 0) is 19.4 Å². The second-order valence-corrected chi connectivity index (χ2v) is 5.36. The molecule has 0 saturated carbocycles. The Morgan fingerprint density at radius 2 is 1.87 bits per heavy atom. The van der Waals surface area contributed by atoms with E-state index in [1.807, 2.05) is 32.0 Å². The fourth-order valence-electron chi connectivity index (χ4n) is 2.07. The summed E-state index contributed by atoms with van der Waals surface area (Å²) in [6.45, 7) is 3.99. The van der Waals surface area contributed by atoms with Gasteiger partial charge in [0.05, 0.1) is 11.9 Å². The Hall–Kier alpha value is -2.83. The highest BCUT2D eigenvalue weighted by Gasteiger charge is 2.21. The second kappa shape index (κ2) is 7.44. The average molecular weight is 315 g/mol. The standard InChI is InChI=1S/C16H21N5O2/c1-11(2)21-10-13(9-18-21)19-16(23)20-14(15(22)17-3)12-7-5-4-6-8-12/h4-11,14H,1-3H3,(H,17,22)(H2,19,20,23). The van der Waals surface area contributed by atoms with Gasteiger partial charge >= 0.3 is 6.03 Å². The van der Waals surface area contributed by atoms with E-state index in [0.29, 0.717) is 11.3 Å². The number of rotatable bonds is 5. The zero-order chi connectivity index (χ0) is 16.8. The van der Waals surface area contributed by atoms with Gasteiger partial charge in [-0.1, -0.05) is 30.3 Å². The summed E-state index contributed by atoms with van der Waals surface area (Å²) in [5.74, 6) is -0.288. The molecule has 1 aromatic carbocycles. The summed E-state index contributed by atoms with van der Waals surface area (Å²) in [4.78, 5) is 24.2. The highest BCUT2D eigenvalue weighted by molar-refractivity contribution is 5.94. The third kappa shape index (κ3) is 4.32. The predicted molar refractivity (Wildman–Crippen MR) is 88.0 cm³/mol.